The van der Waals surface area contributed by atoms with Gasteiger partial charge in [-0.3, -0.25) is 9.78 Å². The fourth-order valence-corrected chi connectivity index (χ4v) is 2.73. The monoisotopic (exact) mass is 367 g/mol. The van der Waals surface area contributed by atoms with Crippen LogP contribution in [0.5, 0.6) is 0 Å². The molecule has 0 unspecified atom stereocenters. The Bertz CT molecular complexity index is 906. The van der Waals surface area contributed by atoms with Crippen LogP contribution in [0.3, 0.4) is 0 Å². The predicted octanol–water partition coefficient (Wildman–Crippen LogP) is 4.07. The van der Waals surface area contributed by atoms with Crippen LogP contribution in [0, 0.1) is 6.92 Å². The predicted molar refractivity (Wildman–Crippen MR) is 95.7 cm³/mol. The Hall–Kier alpha value is -2.53. The van der Waals surface area contributed by atoms with Crippen LogP contribution in [0.25, 0.3) is 10.9 Å². The number of pyridine rings is 1. The van der Waals surface area contributed by atoms with Crippen LogP contribution in [0.4, 0.5) is 0 Å². The molecule has 2 aromatic carbocycles. The van der Waals surface area contributed by atoms with Crippen LogP contribution < -0.4 is 5.43 Å². The molecule has 23 heavy (non-hydrogen) atoms. The van der Waals surface area contributed by atoms with Crippen molar-refractivity contribution in [1.29, 1.82) is 0 Å². The molecule has 4 nitrogen and oxygen atoms in total. The summed E-state index contributed by atoms with van der Waals surface area (Å²) in [5, 5.41) is 4.84. The molecule has 0 aliphatic rings. The van der Waals surface area contributed by atoms with Crippen molar-refractivity contribution in [3.63, 3.8) is 0 Å². The summed E-state index contributed by atoms with van der Waals surface area (Å²) in [6.07, 6.45) is 1.61. The number of rotatable bonds is 3. The number of carbonyl (C=O) groups excluding carboxylic acids is 1. The molecule has 0 saturated carbocycles. The first-order valence-corrected chi connectivity index (χ1v) is 7.88. The van der Waals surface area contributed by atoms with E-state index >= 15 is 0 Å². The molecule has 1 amide bonds. The second kappa shape index (κ2) is 6.71. The van der Waals surface area contributed by atoms with Crippen LogP contribution in [-0.2, 0) is 0 Å². The van der Waals surface area contributed by atoms with E-state index in [4.69, 9.17) is 0 Å². The van der Waals surface area contributed by atoms with E-state index in [0.29, 0.717) is 5.56 Å². The Kier molecular flexibility index (Phi) is 4.48. The molecule has 0 fully saturated rings. The van der Waals surface area contributed by atoms with Crippen molar-refractivity contribution in [3.8, 4) is 0 Å². The van der Waals surface area contributed by atoms with Crippen molar-refractivity contribution < 1.29 is 4.79 Å². The molecular weight excluding hydrogens is 354 g/mol. The Morgan fingerprint density at radius 2 is 2.00 bits per heavy atom. The van der Waals surface area contributed by atoms with Crippen LogP contribution in [0.2, 0.25) is 0 Å². The third kappa shape index (κ3) is 3.63. The zero-order valence-corrected chi connectivity index (χ0v) is 14.0. The van der Waals surface area contributed by atoms with Crippen LogP contribution in [0.15, 0.2) is 64.2 Å². The van der Waals surface area contributed by atoms with Crippen molar-refractivity contribution in [3.05, 3.63) is 75.9 Å². The van der Waals surface area contributed by atoms with Gasteiger partial charge >= 0.3 is 0 Å². The molecule has 114 valence electrons. The van der Waals surface area contributed by atoms with Gasteiger partial charge in [0.25, 0.3) is 5.91 Å². The van der Waals surface area contributed by atoms with Crippen molar-refractivity contribution in [2.45, 2.75) is 6.92 Å². The number of carbonyl (C=O) groups is 1. The summed E-state index contributed by atoms with van der Waals surface area (Å²) >= 11 is 3.40. The number of nitrogens with zero attached hydrogens (tertiary/aromatic N) is 2. The number of aryl methyl sites for hydroxylation is 1. The summed E-state index contributed by atoms with van der Waals surface area (Å²) in [7, 11) is 0. The van der Waals surface area contributed by atoms with Gasteiger partial charge in [0, 0.05) is 15.6 Å². The highest BCUT2D eigenvalue weighted by atomic mass is 79.9. The van der Waals surface area contributed by atoms with Crippen LogP contribution in [-0.4, -0.2) is 17.1 Å². The maximum atomic E-state index is 12.4. The van der Waals surface area contributed by atoms with Gasteiger partial charge in [0.15, 0.2) is 0 Å². The largest absolute Gasteiger partial charge is 0.272 e. The minimum atomic E-state index is -0.252. The summed E-state index contributed by atoms with van der Waals surface area (Å²) < 4.78 is 0.962. The maximum Gasteiger partial charge on any atom is 0.272 e. The molecule has 0 saturated heterocycles. The second-order valence-corrected chi connectivity index (χ2v) is 6.00. The minimum Gasteiger partial charge on any atom is -0.267 e. The molecule has 3 rings (SSSR count). The van der Waals surface area contributed by atoms with E-state index in [0.717, 1.165) is 26.6 Å². The molecule has 0 atom stereocenters. The van der Waals surface area contributed by atoms with Crippen LogP contribution >= 0.6 is 15.9 Å². The number of hydrogen-bond donors (Lipinski definition) is 1. The average molecular weight is 368 g/mol. The molecule has 0 radical (unpaired) electrons. The van der Waals surface area contributed by atoms with Crippen molar-refractivity contribution in [2.75, 3.05) is 0 Å². The number of hydrazone groups is 1. The summed E-state index contributed by atoms with van der Waals surface area (Å²) in [6, 6.07) is 17.0. The minimum absolute atomic E-state index is 0.252. The zero-order valence-electron chi connectivity index (χ0n) is 12.5. The highest BCUT2D eigenvalue weighted by Crippen LogP contribution is 2.18. The first kappa shape index (κ1) is 15.4. The molecule has 5 heteroatoms. The summed E-state index contributed by atoms with van der Waals surface area (Å²) in [5.74, 6) is -0.252. The molecular formula is C18H14BrN3O. The van der Waals surface area contributed by atoms with E-state index in [2.05, 4.69) is 31.4 Å². The lowest BCUT2D eigenvalue weighted by molar-refractivity contribution is 0.0956. The molecule has 1 aromatic heterocycles. The third-order valence-electron chi connectivity index (χ3n) is 3.32. The van der Waals surface area contributed by atoms with E-state index in [-0.39, 0.29) is 5.91 Å². The lowest BCUT2D eigenvalue weighted by Gasteiger charge is -2.06. The van der Waals surface area contributed by atoms with Gasteiger partial charge in [-0.15, -0.1) is 0 Å². The molecule has 0 aliphatic carbocycles. The highest BCUT2D eigenvalue weighted by Gasteiger charge is 2.10. The van der Waals surface area contributed by atoms with E-state index < -0.39 is 0 Å². The number of fused-ring (bicyclic) bond motifs is 1. The van der Waals surface area contributed by atoms with Gasteiger partial charge in [0.1, 0.15) is 0 Å². The lowest BCUT2D eigenvalue weighted by Crippen LogP contribution is -2.18. The van der Waals surface area contributed by atoms with Gasteiger partial charge in [0.2, 0.25) is 0 Å². The number of amides is 1. The SMILES string of the molecule is Cc1cc(C(=O)N/N=C\c2cccc(Br)c2)c2ccccc2n1. The first-order valence-electron chi connectivity index (χ1n) is 7.09. The molecule has 1 N–H and O–H groups in total. The zero-order chi connectivity index (χ0) is 16.2. The smallest absolute Gasteiger partial charge is 0.267 e. The Morgan fingerprint density at radius 1 is 1.17 bits per heavy atom. The van der Waals surface area contributed by atoms with Gasteiger partial charge in [-0.05, 0) is 36.8 Å². The van der Waals surface area contributed by atoms with Gasteiger partial charge in [-0.25, -0.2) is 5.43 Å². The van der Waals surface area contributed by atoms with Gasteiger partial charge in [-0.1, -0.05) is 46.3 Å². The van der Waals surface area contributed by atoms with Gasteiger partial charge < -0.3 is 0 Å². The quantitative estimate of drug-likeness (QED) is 0.560. The number of para-hydroxylation sites is 1. The highest BCUT2D eigenvalue weighted by molar-refractivity contribution is 9.10. The molecule has 1 heterocycles. The third-order valence-corrected chi connectivity index (χ3v) is 3.81. The summed E-state index contributed by atoms with van der Waals surface area (Å²) in [6.45, 7) is 1.87. The Labute approximate surface area is 142 Å². The average Bonchev–Trinajstić information content (AvgIpc) is 2.54. The van der Waals surface area contributed by atoms with Crippen LogP contribution in [0.1, 0.15) is 21.6 Å². The normalized spacial score (nSPS) is 11.0. The number of nitrogens with one attached hydrogen (secondary N) is 1. The van der Waals surface area contributed by atoms with E-state index in [1.54, 1.807) is 12.3 Å². The van der Waals surface area contributed by atoms with Crippen molar-refractivity contribution >= 4 is 39.0 Å². The van der Waals surface area contributed by atoms with E-state index in [1.165, 1.54) is 0 Å². The first-order chi connectivity index (χ1) is 11.1. The number of hydrogen-bond acceptors (Lipinski definition) is 3. The summed E-state index contributed by atoms with van der Waals surface area (Å²) in [5.41, 5.74) is 5.64. The fourth-order valence-electron chi connectivity index (χ4n) is 2.31. The number of halogens is 1. The molecule has 0 aliphatic heterocycles. The topological polar surface area (TPSA) is 54.4 Å². The van der Waals surface area contributed by atoms with Gasteiger partial charge in [0.05, 0.1) is 17.3 Å². The number of benzene rings is 2. The van der Waals surface area contributed by atoms with E-state index in [9.17, 15) is 4.79 Å². The van der Waals surface area contributed by atoms with E-state index in [1.807, 2.05) is 55.5 Å². The fraction of sp³-hybridized carbons (Fsp3) is 0.0556. The van der Waals surface area contributed by atoms with Crippen molar-refractivity contribution in [2.24, 2.45) is 5.10 Å². The Morgan fingerprint density at radius 3 is 2.83 bits per heavy atom. The Balaban J connectivity index is 1.84. The van der Waals surface area contributed by atoms with Crippen molar-refractivity contribution in [1.82, 2.24) is 10.4 Å². The molecule has 0 spiro atoms. The summed E-state index contributed by atoms with van der Waals surface area (Å²) in [4.78, 5) is 16.8. The number of aromatic nitrogens is 1. The van der Waals surface area contributed by atoms with Gasteiger partial charge in [-0.2, -0.15) is 5.10 Å². The maximum absolute atomic E-state index is 12.4. The standard InChI is InChI=1S/C18H14BrN3O/c1-12-9-16(15-7-2-3-8-17(15)21-12)18(23)22-20-11-13-5-4-6-14(19)10-13/h2-11H,1H3,(H,22,23)/b20-11-. The lowest BCUT2D eigenvalue weighted by atomic mass is 10.1. The second-order valence-electron chi connectivity index (χ2n) is 5.08. The molecule has 0 bridgehead atoms. The molecule has 3 aromatic rings.